The molecule has 29 heavy (non-hydrogen) atoms. The van der Waals surface area contributed by atoms with E-state index in [1.54, 1.807) is 12.1 Å². The van der Waals surface area contributed by atoms with Crippen LogP contribution < -0.4 is 5.63 Å². The topological polar surface area (TPSA) is 50.5 Å². The molecule has 1 aromatic heterocycles. The van der Waals surface area contributed by atoms with E-state index in [2.05, 4.69) is 0 Å². The second-order valence-corrected chi connectivity index (χ2v) is 7.79. The molecule has 1 saturated heterocycles. The average Bonchev–Trinajstić information content (AvgIpc) is 3.18. The predicted molar refractivity (Wildman–Crippen MR) is 110 cm³/mol. The van der Waals surface area contributed by atoms with Crippen molar-refractivity contribution in [1.82, 2.24) is 4.90 Å². The molecule has 2 aromatic carbocycles. The zero-order valence-electron chi connectivity index (χ0n) is 16.7. The quantitative estimate of drug-likeness (QED) is 0.596. The normalized spacial score (nSPS) is 16.5. The number of hydrogen-bond donors (Lipinski definition) is 0. The molecule has 0 spiro atoms. The Balaban J connectivity index is 1.53. The fourth-order valence-corrected chi connectivity index (χ4v) is 4.26. The molecule has 3 aromatic rings. The Morgan fingerprint density at radius 2 is 1.93 bits per heavy atom. The lowest BCUT2D eigenvalue weighted by Gasteiger charge is -2.25. The summed E-state index contributed by atoms with van der Waals surface area (Å²) in [6, 6.07) is 12.1. The molecule has 5 heteroatoms. The first-order chi connectivity index (χ1) is 13.9. The highest BCUT2D eigenvalue weighted by Gasteiger charge is 2.29. The van der Waals surface area contributed by atoms with Crippen molar-refractivity contribution in [1.29, 1.82) is 0 Å². The highest BCUT2D eigenvalue weighted by molar-refractivity contribution is 5.82. The maximum Gasteiger partial charge on any atom is 0.339 e. The van der Waals surface area contributed by atoms with Crippen LogP contribution in [0.25, 0.3) is 11.0 Å². The van der Waals surface area contributed by atoms with Crippen molar-refractivity contribution in [2.75, 3.05) is 6.54 Å². The molecule has 2 heterocycles. The first kappa shape index (κ1) is 19.4. The maximum atomic E-state index is 13.2. The lowest BCUT2D eigenvalue weighted by Crippen LogP contribution is -2.31. The van der Waals surface area contributed by atoms with Crippen LogP contribution >= 0.6 is 0 Å². The molecule has 0 aliphatic carbocycles. The summed E-state index contributed by atoms with van der Waals surface area (Å²) in [7, 11) is 0. The second-order valence-electron chi connectivity index (χ2n) is 7.79. The summed E-state index contributed by atoms with van der Waals surface area (Å²) < 4.78 is 18.7. The van der Waals surface area contributed by atoms with Crippen molar-refractivity contribution in [2.24, 2.45) is 0 Å². The van der Waals surface area contributed by atoms with Crippen LogP contribution in [0.5, 0.6) is 0 Å². The van der Waals surface area contributed by atoms with Gasteiger partial charge in [-0.2, -0.15) is 0 Å². The van der Waals surface area contributed by atoms with Gasteiger partial charge in [0, 0.05) is 23.9 Å². The monoisotopic (exact) mass is 393 g/mol. The van der Waals surface area contributed by atoms with E-state index in [-0.39, 0.29) is 29.8 Å². The standard InChI is InChI=1S/C24H24FNO3/c1-15-5-10-19-16(2)20(24(28)29-22(19)14-15)11-12-23(27)26-13-3-4-21(26)17-6-8-18(25)9-7-17/h5-10,14,21H,3-4,11-13H2,1-2H3. The molecule has 4 rings (SSSR count). The Hall–Kier alpha value is -2.95. The van der Waals surface area contributed by atoms with Gasteiger partial charge in [0.2, 0.25) is 5.91 Å². The number of hydrogen-bond acceptors (Lipinski definition) is 3. The van der Waals surface area contributed by atoms with Crippen LogP contribution in [-0.4, -0.2) is 17.4 Å². The van der Waals surface area contributed by atoms with Gasteiger partial charge in [-0.25, -0.2) is 9.18 Å². The van der Waals surface area contributed by atoms with Crippen molar-refractivity contribution >= 4 is 16.9 Å². The smallest absolute Gasteiger partial charge is 0.339 e. The van der Waals surface area contributed by atoms with Crippen molar-refractivity contribution in [3.05, 3.63) is 81.0 Å². The molecule has 0 N–H and O–H groups in total. The molecule has 1 unspecified atom stereocenters. The van der Waals surface area contributed by atoms with E-state index in [9.17, 15) is 14.0 Å². The van der Waals surface area contributed by atoms with Crippen LogP contribution in [0, 0.1) is 19.7 Å². The number of carbonyl (C=O) groups excluding carboxylic acids is 1. The predicted octanol–water partition coefficient (Wildman–Crippen LogP) is 4.85. The first-order valence-corrected chi connectivity index (χ1v) is 10.0. The molecule has 0 saturated carbocycles. The van der Waals surface area contributed by atoms with E-state index in [4.69, 9.17) is 4.42 Å². The van der Waals surface area contributed by atoms with Gasteiger partial charge in [-0.15, -0.1) is 0 Å². The van der Waals surface area contributed by atoms with Gasteiger partial charge in [-0.3, -0.25) is 4.79 Å². The molecule has 0 bridgehead atoms. The fraction of sp³-hybridized carbons (Fsp3) is 0.333. The Labute approximate surface area is 169 Å². The summed E-state index contributed by atoms with van der Waals surface area (Å²) in [5.74, 6) is -0.266. The Bertz CT molecular complexity index is 1120. The third-order valence-electron chi connectivity index (χ3n) is 5.86. The van der Waals surface area contributed by atoms with Crippen LogP contribution in [0.1, 0.15) is 47.6 Å². The number of rotatable bonds is 4. The van der Waals surface area contributed by atoms with Gasteiger partial charge >= 0.3 is 5.63 Å². The third kappa shape index (κ3) is 3.82. The molecule has 4 nitrogen and oxygen atoms in total. The molecule has 1 amide bonds. The second kappa shape index (κ2) is 7.82. The molecule has 1 atom stereocenters. The van der Waals surface area contributed by atoms with Gasteiger partial charge in [0.05, 0.1) is 6.04 Å². The number of fused-ring (bicyclic) bond motifs is 1. The summed E-state index contributed by atoms with van der Waals surface area (Å²) in [5, 5.41) is 0.906. The summed E-state index contributed by atoms with van der Waals surface area (Å²) in [5.41, 5.74) is 3.63. The highest BCUT2D eigenvalue weighted by Crippen LogP contribution is 2.32. The number of likely N-dealkylation sites (tertiary alicyclic amines) is 1. The van der Waals surface area contributed by atoms with Crippen LogP contribution in [0.2, 0.25) is 0 Å². The van der Waals surface area contributed by atoms with Crippen molar-refractivity contribution in [3.63, 3.8) is 0 Å². The zero-order valence-corrected chi connectivity index (χ0v) is 16.7. The minimum absolute atomic E-state index is 0.0135. The molecule has 1 aliphatic rings. The van der Waals surface area contributed by atoms with Crippen molar-refractivity contribution in [3.8, 4) is 0 Å². The van der Waals surface area contributed by atoms with Gasteiger partial charge in [0.15, 0.2) is 0 Å². The number of aryl methyl sites for hydroxylation is 2. The van der Waals surface area contributed by atoms with E-state index >= 15 is 0 Å². The van der Waals surface area contributed by atoms with E-state index < -0.39 is 0 Å². The number of nitrogens with zero attached hydrogens (tertiary/aromatic N) is 1. The Morgan fingerprint density at radius 1 is 1.17 bits per heavy atom. The number of amides is 1. The van der Waals surface area contributed by atoms with Crippen LogP contribution in [0.15, 0.2) is 51.7 Å². The SMILES string of the molecule is Cc1ccc2c(C)c(CCC(=O)N3CCCC3c3ccc(F)cc3)c(=O)oc2c1. The van der Waals surface area contributed by atoms with Gasteiger partial charge in [-0.1, -0.05) is 24.3 Å². The van der Waals surface area contributed by atoms with Crippen molar-refractivity contribution < 1.29 is 13.6 Å². The van der Waals surface area contributed by atoms with E-state index in [0.717, 1.165) is 34.9 Å². The van der Waals surface area contributed by atoms with E-state index in [1.807, 2.05) is 36.9 Å². The number of halogens is 1. The molecule has 1 fully saturated rings. The maximum absolute atomic E-state index is 13.2. The summed E-state index contributed by atoms with van der Waals surface area (Å²) >= 11 is 0. The fourth-order valence-electron chi connectivity index (χ4n) is 4.26. The molecule has 150 valence electrons. The van der Waals surface area contributed by atoms with Gasteiger partial charge in [-0.05, 0) is 68.0 Å². The lowest BCUT2D eigenvalue weighted by molar-refractivity contribution is -0.132. The summed E-state index contributed by atoms with van der Waals surface area (Å²) in [6.07, 6.45) is 2.39. The average molecular weight is 393 g/mol. The molecule has 1 aliphatic heterocycles. The van der Waals surface area contributed by atoms with Crippen molar-refractivity contribution in [2.45, 2.75) is 45.6 Å². The van der Waals surface area contributed by atoms with Gasteiger partial charge in [0.25, 0.3) is 0 Å². The Morgan fingerprint density at radius 3 is 2.69 bits per heavy atom. The molecular formula is C24H24FNO3. The number of carbonyl (C=O) groups is 1. The van der Waals surface area contributed by atoms with Crippen LogP contribution in [0.3, 0.4) is 0 Å². The third-order valence-corrected chi connectivity index (χ3v) is 5.86. The number of benzene rings is 2. The lowest BCUT2D eigenvalue weighted by atomic mass is 10.0. The minimum atomic E-state index is -0.370. The van der Waals surface area contributed by atoms with Crippen LogP contribution in [-0.2, 0) is 11.2 Å². The van der Waals surface area contributed by atoms with E-state index in [1.165, 1.54) is 12.1 Å². The Kier molecular flexibility index (Phi) is 5.22. The molecular weight excluding hydrogens is 369 g/mol. The highest BCUT2D eigenvalue weighted by atomic mass is 19.1. The summed E-state index contributed by atoms with van der Waals surface area (Å²) in [6.45, 7) is 4.55. The summed E-state index contributed by atoms with van der Waals surface area (Å²) in [4.78, 5) is 27.3. The van der Waals surface area contributed by atoms with E-state index in [0.29, 0.717) is 24.1 Å². The van der Waals surface area contributed by atoms with Gasteiger partial charge in [0.1, 0.15) is 11.4 Å². The minimum Gasteiger partial charge on any atom is -0.423 e. The van der Waals surface area contributed by atoms with Gasteiger partial charge < -0.3 is 9.32 Å². The van der Waals surface area contributed by atoms with Crippen LogP contribution in [0.4, 0.5) is 4.39 Å². The first-order valence-electron chi connectivity index (χ1n) is 10.0. The zero-order chi connectivity index (χ0) is 20.5. The largest absolute Gasteiger partial charge is 0.423 e. The molecule has 0 radical (unpaired) electrons.